The monoisotopic (exact) mass is 422 g/mol. The third-order valence-corrected chi connectivity index (χ3v) is 7.97. The molecule has 2 rings (SSSR count). The van der Waals surface area contributed by atoms with Crippen molar-refractivity contribution in [1.82, 2.24) is 18.8 Å². The molecule has 2 heterocycles. The predicted octanol–water partition coefficient (Wildman–Crippen LogP) is -2.60. The summed E-state index contributed by atoms with van der Waals surface area (Å²) in [4.78, 5) is 35.5. The predicted molar refractivity (Wildman–Crippen MR) is 96.6 cm³/mol. The third-order valence-electron chi connectivity index (χ3n) is 4.30. The molecule has 1 saturated heterocycles. The van der Waals surface area contributed by atoms with Gasteiger partial charge in [0, 0.05) is 32.9 Å². The minimum atomic E-state index is -4.33. The quantitative estimate of drug-likeness (QED) is 0.529. The summed E-state index contributed by atoms with van der Waals surface area (Å²) in [5.74, 6) is -0.870. The highest BCUT2D eigenvalue weighted by atomic mass is 32.2. The third kappa shape index (κ3) is 4.47. The van der Waals surface area contributed by atoms with Gasteiger partial charge in [-0.1, -0.05) is 6.92 Å². The summed E-state index contributed by atoms with van der Waals surface area (Å²) in [7, 11) is -5.05. The van der Waals surface area contributed by atoms with E-state index in [9.17, 15) is 31.2 Å². The van der Waals surface area contributed by atoms with Crippen molar-refractivity contribution in [3.8, 4) is 0 Å². The second kappa shape index (κ2) is 7.56. The number of hydrogen-bond acceptors (Lipinski definition) is 7. The van der Waals surface area contributed by atoms with Gasteiger partial charge >= 0.3 is 5.69 Å². The van der Waals surface area contributed by atoms with Gasteiger partial charge in [-0.05, 0) is 6.42 Å². The number of carbonyl (C=O) groups excluding carboxylic acids is 1. The molecule has 1 aliphatic rings. The van der Waals surface area contributed by atoms with Gasteiger partial charge < -0.3 is 9.88 Å². The fraction of sp³-hybridized carbons (Fsp3) is 0.643. The summed E-state index contributed by atoms with van der Waals surface area (Å²) < 4.78 is 50.9. The van der Waals surface area contributed by atoms with Crippen molar-refractivity contribution in [1.29, 1.82) is 0 Å². The van der Waals surface area contributed by atoms with Crippen LogP contribution in [0, 0.1) is 0 Å². The number of likely N-dealkylation sites (N-methyl/N-ethyl adjacent to an activating group) is 1. The Morgan fingerprint density at radius 2 is 1.96 bits per heavy atom. The summed E-state index contributed by atoms with van der Waals surface area (Å²) in [6.07, 6.45) is 1.19. The average molecular weight is 422 g/mol. The fourth-order valence-electron chi connectivity index (χ4n) is 2.80. The Labute approximate surface area is 156 Å². The van der Waals surface area contributed by atoms with Crippen LogP contribution in [0.3, 0.4) is 0 Å². The first-order chi connectivity index (χ1) is 12.4. The summed E-state index contributed by atoms with van der Waals surface area (Å²) in [5, 5.41) is 2.51. The highest BCUT2D eigenvalue weighted by Gasteiger charge is 2.32. The van der Waals surface area contributed by atoms with E-state index in [2.05, 4.69) is 5.32 Å². The first kappa shape index (κ1) is 21.3. The van der Waals surface area contributed by atoms with E-state index in [0.717, 1.165) is 22.1 Å². The van der Waals surface area contributed by atoms with Gasteiger partial charge in [0.2, 0.25) is 5.91 Å². The van der Waals surface area contributed by atoms with Gasteiger partial charge in [0.15, 0.2) is 14.7 Å². The highest BCUT2D eigenvalue weighted by molar-refractivity contribution is 7.91. The maximum atomic E-state index is 12.8. The number of nitrogens with zero attached hydrogens (tertiary/aromatic N) is 3. The van der Waals surface area contributed by atoms with Crippen molar-refractivity contribution >= 4 is 25.8 Å². The molecule has 0 spiro atoms. The molecule has 152 valence electrons. The molecule has 13 heteroatoms. The average Bonchev–Trinajstić information content (AvgIpc) is 2.92. The largest absolute Gasteiger partial charge is 0.351 e. The molecule has 1 amide bonds. The van der Waals surface area contributed by atoms with Crippen molar-refractivity contribution in [2.75, 3.05) is 24.6 Å². The van der Waals surface area contributed by atoms with E-state index in [-0.39, 0.29) is 24.5 Å². The molecule has 1 atom stereocenters. The van der Waals surface area contributed by atoms with Crippen LogP contribution >= 0.6 is 0 Å². The van der Waals surface area contributed by atoms with E-state index < -0.39 is 54.5 Å². The van der Waals surface area contributed by atoms with E-state index in [0.29, 0.717) is 4.57 Å². The van der Waals surface area contributed by atoms with Gasteiger partial charge in [-0.25, -0.2) is 21.6 Å². The Hall–Kier alpha value is -1.99. The number of rotatable bonds is 6. The number of carbonyl (C=O) groups is 1. The Morgan fingerprint density at radius 3 is 2.48 bits per heavy atom. The molecule has 1 aromatic rings. The lowest BCUT2D eigenvalue weighted by molar-refractivity contribution is -0.121. The Balaban J connectivity index is 2.25. The summed E-state index contributed by atoms with van der Waals surface area (Å²) in [6.45, 7) is 0.837. The minimum Gasteiger partial charge on any atom is -0.351 e. The van der Waals surface area contributed by atoms with E-state index in [4.69, 9.17) is 0 Å². The lowest BCUT2D eigenvalue weighted by Gasteiger charge is -2.21. The van der Waals surface area contributed by atoms with Gasteiger partial charge in [0.1, 0.15) is 0 Å². The van der Waals surface area contributed by atoms with E-state index in [1.807, 2.05) is 0 Å². The second-order valence-electron chi connectivity index (χ2n) is 6.35. The SMILES string of the molecule is CCN(CC(=O)N[C@@H]1CCS(=O)(=O)C1)S(=O)(=O)c1cn(C)c(=O)n(C)c1=O. The number of amides is 1. The van der Waals surface area contributed by atoms with Crippen LogP contribution in [0.25, 0.3) is 0 Å². The summed E-state index contributed by atoms with van der Waals surface area (Å²) in [6, 6.07) is -0.561. The van der Waals surface area contributed by atoms with E-state index >= 15 is 0 Å². The first-order valence-corrected chi connectivity index (χ1v) is 11.4. The Morgan fingerprint density at radius 1 is 1.33 bits per heavy atom. The maximum Gasteiger partial charge on any atom is 0.330 e. The molecule has 1 N–H and O–H groups in total. The molecule has 0 aliphatic carbocycles. The van der Waals surface area contributed by atoms with Crippen molar-refractivity contribution in [3.63, 3.8) is 0 Å². The lowest BCUT2D eigenvalue weighted by Crippen LogP contribution is -2.47. The van der Waals surface area contributed by atoms with Gasteiger partial charge in [-0.3, -0.25) is 14.2 Å². The molecule has 1 fully saturated rings. The summed E-state index contributed by atoms with van der Waals surface area (Å²) in [5.41, 5.74) is -1.67. The molecular formula is C14H22N4O7S2. The topological polar surface area (TPSA) is 145 Å². The normalized spacial score (nSPS) is 19.3. The number of aromatic nitrogens is 2. The van der Waals surface area contributed by atoms with Gasteiger partial charge in [-0.15, -0.1) is 0 Å². The second-order valence-corrected chi connectivity index (χ2v) is 10.5. The first-order valence-electron chi connectivity index (χ1n) is 8.15. The van der Waals surface area contributed by atoms with Crippen LogP contribution in [0.15, 0.2) is 20.7 Å². The molecular weight excluding hydrogens is 400 g/mol. The maximum absolute atomic E-state index is 12.8. The van der Waals surface area contributed by atoms with Crippen LogP contribution in [-0.2, 0) is 38.8 Å². The number of hydrogen-bond donors (Lipinski definition) is 1. The summed E-state index contributed by atoms with van der Waals surface area (Å²) >= 11 is 0. The Bertz CT molecular complexity index is 1070. The van der Waals surface area contributed by atoms with Crippen molar-refractivity contribution in [2.45, 2.75) is 24.3 Å². The smallest absolute Gasteiger partial charge is 0.330 e. The van der Waals surface area contributed by atoms with Crippen molar-refractivity contribution in [2.24, 2.45) is 14.1 Å². The molecule has 27 heavy (non-hydrogen) atoms. The molecule has 0 aromatic carbocycles. The van der Waals surface area contributed by atoms with Crippen LogP contribution in [0.4, 0.5) is 0 Å². The number of sulfone groups is 1. The zero-order valence-corrected chi connectivity index (χ0v) is 16.8. The molecule has 0 saturated carbocycles. The number of nitrogens with one attached hydrogen (secondary N) is 1. The highest BCUT2D eigenvalue weighted by Crippen LogP contribution is 2.13. The van der Waals surface area contributed by atoms with Gasteiger partial charge in [0.05, 0.1) is 18.1 Å². The van der Waals surface area contributed by atoms with Crippen LogP contribution in [0.2, 0.25) is 0 Å². The molecule has 1 aliphatic heterocycles. The van der Waals surface area contributed by atoms with Gasteiger partial charge in [-0.2, -0.15) is 4.31 Å². The zero-order valence-electron chi connectivity index (χ0n) is 15.2. The van der Waals surface area contributed by atoms with E-state index in [1.54, 1.807) is 0 Å². The van der Waals surface area contributed by atoms with Crippen LogP contribution in [0.5, 0.6) is 0 Å². The molecule has 1 aromatic heterocycles. The lowest BCUT2D eigenvalue weighted by atomic mass is 10.2. The van der Waals surface area contributed by atoms with Crippen LogP contribution < -0.4 is 16.6 Å². The molecule has 0 radical (unpaired) electrons. The zero-order chi connectivity index (χ0) is 20.6. The Kier molecular flexibility index (Phi) is 5.97. The number of sulfonamides is 1. The van der Waals surface area contributed by atoms with Gasteiger partial charge in [0.25, 0.3) is 15.6 Å². The standard InChI is InChI=1S/C14H22N4O7S2/c1-4-18(8-12(19)15-10-5-6-26(22,23)9-10)27(24,25)11-7-16(2)14(21)17(3)13(11)20/h7,10H,4-6,8-9H2,1-3H3,(H,15,19)/t10-/m1/s1. The van der Waals surface area contributed by atoms with Crippen molar-refractivity contribution < 1.29 is 21.6 Å². The molecule has 11 nitrogen and oxygen atoms in total. The van der Waals surface area contributed by atoms with Crippen molar-refractivity contribution in [3.05, 3.63) is 27.0 Å². The fourth-order valence-corrected chi connectivity index (χ4v) is 6.03. The molecule has 0 unspecified atom stereocenters. The van der Waals surface area contributed by atoms with Crippen LogP contribution in [-0.4, -0.2) is 66.8 Å². The number of aryl methyl sites for hydroxylation is 1. The minimum absolute atomic E-state index is 0.0260. The van der Waals surface area contributed by atoms with E-state index in [1.165, 1.54) is 14.0 Å². The molecule has 0 bridgehead atoms. The van der Waals surface area contributed by atoms with Crippen LogP contribution in [0.1, 0.15) is 13.3 Å².